The quantitative estimate of drug-likeness (QED) is 0.594. The molecule has 0 atom stereocenters. The van der Waals surface area contributed by atoms with Crippen molar-refractivity contribution in [2.24, 2.45) is 0 Å². The first-order valence-corrected chi connectivity index (χ1v) is 5.49. The van der Waals surface area contributed by atoms with Crippen molar-refractivity contribution < 1.29 is 0 Å². The van der Waals surface area contributed by atoms with E-state index in [0.717, 1.165) is 29.0 Å². The summed E-state index contributed by atoms with van der Waals surface area (Å²) in [5, 5.41) is 6.07. The van der Waals surface area contributed by atoms with Gasteiger partial charge in [-0.2, -0.15) is 5.10 Å². The number of hydrogen-bond donors (Lipinski definition) is 0. The minimum atomic E-state index is 0.758. The van der Waals surface area contributed by atoms with Crippen molar-refractivity contribution in [2.45, 2.75) is 26.3 Å². The zero-order chi connectivity index (χ0) is 8.97. The minimum Gasteiger partial charge on any atom is -0.271 e. The van der Waals surface area contributed by atoms with E-state index in [4.69, 9.17) is 11.6 Å². The van der Waals surface area contributed by atoms with Gasteiger partial charge in [0.05, 0.1) is 10.7 Å². The zero-order valence-corrected chi connectivity index (χ0v) is 9.40. The van der Waals surface area contributed by atoms with Crippen LogP contribution >= 0.6 is 27.5 Å². The minimum absolute atomic E-state index is 0.758. The van der Waals surface area contributed by atoms with Gasteiger partial charge in [-0.1, -0.05) is 27.5 Å². The van der Waals surface area contributed by atoms with Crippen LogP contribution in [0.4, 0.5) is 0 Å². The fraction of sp³-hybridized carbons (Fsp3) is 0.625. The molecule has 0 aliphatic carbocycles. The molecule has 1 rings (SSSR count). The van der Waals surface area contributed by atoms with Crippen LogP contribution < -0.4 is 0 Å². The van der Waals surface area contributed by atoms with Crippen LogP contribution in [-0.4, -0.2) is 15.1 Å². The first-order chi connectivity index (χ1) is 5.74. The van der Waals surface area contributed by atoms with Gasteiger partial charge < -0.3 is 0 Å². The molecule has 0 aliphatic rings. The van der Waals surface area contributed by atoms with E-state index >= 15 is 0 Å². The number of rotatable bonds is 4. The van der Waals surface area contributed by atoms with Crippen molar-refractivity contribution in [2.75, 3.05) is 5.33 Å². The molecule has 0 spiro atoms. The first kappa shape index (κ1) is 10.1. The van der Waals surface area contributed by atoms with Gasteiger partial charge in [-0.05, 0) is 19.8 Å². The maximum Gasteiger partial charge on any atom is 0.0814 e. The number of halogens is 2. The zero-order valence-electron chi connectivity index (χ0n) is 7.06. The maximum atomic E-state index is 5.85. The Hall–Kier alpha value is -0.0200. The van der Waals surface area contributed by atoms with Crippen LogP contribution in [0, 0.1) is 6.92 Å². The predicted octanol–water partition coefficient (Wildman–Crippen LogP) is 3.02. The molecule has 0 unspecified atom stereocenters. The lowest BCUT2D eigenvalue weighted by Gasteiger charge is -1.97. The third-order valence-electron chi connectivity index (χ3n) is 1.66. The Balaban J connectivity index is 2.42. The molecule has 0 bridgehead atoms. The number of unbranched alkanes of at least 4 members (excludes halogenated alkanes) is 1. The number of aromatic nitrogens is 2. The molecule has 1 heterocycles. The van der Waals surface area contributed by atoms with Gasteiger partial charge in [-0.3, -0.25) is 4.68 Å². The van der Waals surface area contributed by atoms with Gasteiger partial charge in [0.25, 0.3) is 0 Å². The Morgan fingerprint density at radius 2 is 2.33 bits per heavy atom. The lowest BCUT2D eigenvalue weighted by atomic mass is 10.3. The van der Waals surface area contributed by atoms with E-state index in [1.54, 1.807) is 0 Å². The van der Waals surface area contributed by atoms with E-state index in [0.29, 0.717) is 0 Å². The molecular formula is C8H12BrClN2. The highest BCUT2D eigenvalue weighted by atomic mass is 79.9. The van der Waals surface area contributed by atoms with E-state index in [2.05, 4.69) is 21.0 Å². The van der Waals surface area contributed by atoms with Crippen LogP contribution in [0.1, 0.15) is 18.5 Å². The van der Waals surface area contributed by atoms with E-state index in [1.165, 1.54) is 6.42 Å². The molecule has 68 valence electrons. The van der Waals surface area contributed by atoms with Crippen LogP contribution in [-0.2, 0) is 6.54 Å². The van der Waals surface area contributed by atoms with Crippen LogP contribution in [0.15, 0.2) is 6.20 Å². The molecule has 1 aromatic rings. The Kier molecular flexibility index (Phi) is 4.09. The second-order valence-electron chi connectivity index (χ2n) is 2.72. The monoisotopic (exact) mass is 250 g/mol. The first-order valence-electron chi connectivity index (χ1n) is 3.99. The van der Waals surface area contributed by atoms with E-state index in [-0.39, 0.29) is 0 Å². The highest BCUT2D eigenvalue weighted by molar-refractivity contribution is 9.09. The number of alkyl halides is 1. The third-order valence-corrected chi connectivity index (χ3v) is 2.59. The van der Waals surface area contributed by atoms with Crippen LogP contribution in [0.3, 0.4) is 0 Å². The molecule has 0 saturated carbocycles. The van der Waals surface area contributed by atoms with Crippen molar-refractivity contribution in [3.05, 3.63) is 16.9 Å². The molecule has 1 aromatic heterocycles. The van der Waals surface area contributed by atoms with E-state index in [9.17, 15) is 0 Å². The molecular weight excluding hydrogens is 239 g/mol. The number of hydrogen-bond acceptors (Lipinski definition) is 1. The lowest BCUT2D eigenvalue weighted by Crippen LogP contribution is -1.98. The molecule has 2 nitrogen and oxygen atoms in total. The van der Waals surface area contributed by atoms with Gasteiger partial charge in [-0.25, -0.2) is 0 Å². The molecule has 0 radical (unpaired) electrons. The summed E-state index contributed by atoms with van der Waals surface area (Å²) in [5.74, 6) is 0. The third kappa shape index (κ3) is 2.79. The van der Waals surface area contributed by atoms with Crippen LogP contribution in [0.2, 0.25) is 5.02 Å². The summed E-state index contributed by atoms with van der Waals surface area (Å²) in [7, 11) is 0. The Morgan fingerprint density at radius 3 is 2.83 bits per heavy atom. The topological polar surface area (TPSA) is 17.8 Å². The van der Waals surface area contributed by atoms with E-state index < -0.39 is 0 Å². The van der Waals surface area contributed by atoms with Gasteiger partial charge in [-0.15, -0.1) is 0 Å². The van der Waals surface area contributed by atoms with E-state index in [1.807, 2.05) is 17.8 Å². The molecule has 0 amide bonds. The molecule has 0 fully saturated rings. The average molecular weight is 252 g/mol. The molecule has 12 heavy (non-hydrogen) atoms. The summed E-state index contributed by atoms with van der Waals surface area (Å²) in [6, 6.07) is 0. The summed E-state index contributed by atoms with van der Waals surface area (Å²) in [6.07, 6.45) is 4.20. The fourth-order valence-corrected chi connectivity index (χ4v) is 1.52. The van der Waals surface area contributed by atoms with Crippen LogP contribution in [0.5, 0.6) is 0 Å². The largest absolute Gasteiger partial charge is 0.271 e. The van der Waals surface area contributed by atoms with Crippen molar-refractivity contribution in [3.63, 3.8) is 0 Å². The molecule has 0 aromatic carbocycles. The molecule has 4 heteroatoms. The summed E-state index contributed by atoms with van der Waals surface area (Å²) >= 11 is 9.24. The van der Waals surface area contributed by atoms with Crippen molar-refractivity contribution >= 4 is 27.5 Å². The fourth-order valence-electron chi connectivity index (χ4n) is 0.976. The predicted molar refractivity (Wildman–Crippen MR) is 55.0 cm³/mol. The standard InChI is InChI=1S/C8H12BrClN2/c1-7-8(10)6-12(11-7)5-3-2-4-9/h6H,2-5H2,1H3. The highest BCUT2D eigenvalue weighted by Gasteiger charge is 2.00. The van der Waals surface area contributed by atoms with Crippen molar-refractivity contribution in [1.82, 2.24) is 9.78 Å². The lowest BCUT2D eigenvalue weighted by molar-refractivity contribution is 0.571. The molecule has 0 aliphatic heterocycles. The SMILES string of the molecule is Cc1nn(CCCCBr)cc1Cl. The second-order valence-corrected chi connectivity index (χ2v) is 3.92. The Bertz CT molecular complexity index is 228. The van der Waals surface area contributed by atoms with Gasteiger partial charge in [0.1, 0.15) is 0 Å². The molecule has 0 saturated heterocycles. The van der Waals surface area contributed by atoms with Crippen molar-refractivity contribution in [1.29, 1.82) is 0 Å². The Morgan fingerprint density at radius 1 is 1.58 bits per heavy atom. The summed E-state index contributed by atoms with van der Waals surface area (Å²) in [4.78, 5) is 0. The summed E-state index contributed by atoms with van der Waals surface area (Å²) in [5.41, 5.74) is 0.913. The van der Waals surface area contributed by atoms with Crippen molar-refractivity contribution in [3.8, 4) is 0 Å². The normalized spacial score (nSPS) is 10.6. The maximum absolute atomic E-state index is 5.85. The Labute approximate surface area is 86.0 Å². The smallest absolute Gasteiger partial charge is 0.0814 e. The molecule has 0 N–H and O–H groups in total. The number of nitrogens with zero attached hydrogens (tertiary/aromatic N) is 2. The average Bonchev–Trinajstić information content (AvgIpc) is 2.32. The number of aryl methyl sites for hydroxylation is 2. The summed E-state index contributed by atoms with van der Waals surface area (Å²) < 4.78 is 1.90. The van der Waals surface area contributed by atoms with Gasteiger partial charge >= 0.3 is 0 Å². The summed E-state index contributed by atoms with van der Waals surface area (Å²) in [6.45, 7) is 2.88. The second kappa shape index (κ2) is 4.87. The van der Waals surface area contributed by atoms with Gasteiger partial charge in [0, 0.05) is 18.1 Å². The highest BCUT2D eigenvalue weighted by Crippen LogP contribution is 2.12. The van der Waals surface area contributed by atoms with Crippen LogP contribution in [0.25, 0.3) is 0 Å². The van der Waals surface area contributed by atoms with Gasteiger partial charge in [0.15, 0.2) is 0 Å². The van der Waals surface area contributed by atoms with Gasteiger partial charge in [0.2, 0.25) is 0 Å².